The monoisotopic (exact) mass is 368 g/mol. The van der Waals surface area contributed by atoms with Crippen LogP contribution in [0.5, 0.6) is 5.75 Å². The van der Waals surface area contributed by atoms with Crippen molar-refractivity contribution < 1.29 is 4.74 Å². The molecule has 0 spiro atoms. The maximum Gasteiger partial charge on any atom is 0.128 e. The van der Waals surface area contributed by atoms with Gasteiger partial charge in [0.05, 0.1) is 17.8 Å². The Morgan fingerprint density at radius 1 is 1.15 bits per heavy atom. The number of fused-ring (bicyclic) bond motifs is 1. The number of halogens is 1. The Labute approximate surface area is 159 Å². The molecule has 1 aliphatic heterocycles. The van der Waals surface area contributed by atoms with E-state index >= 15 is 0 Å². The summed E-state index contributed by atoms with van der Waals surface area (Å²) in [6, 6.07) is 14.7. The number of hydrogen-bond donors (Lipinski definition) is 1. The summed E-state index contributed by atoms with van der Waals surface area (Å²) in [5, 5.41) is 1.88. The highest BCUT2D eigenvalue weighted by Gasteiger charge is 2.21. The van der Waals surface area contributed by atoms with Crippen LogP contribution in [0.3, 0.4) is 0 Å². The number of aromatic amines is 1. The number of benzene rings is 2. The fourth-order valence-electron chi connectivity index (χ4n) is 4.05. The number of likely N-dealkylation sites (tertiary alicyclic amines) is 1. The molecule has 0 amide bonds. The Hall–Kier alpha value is -1.97. The van der Waals surface area contributed by atoms with Crippen molar-refractivity contribution in [2.24, 2.45) is 0 Å². The van der Waals surface area contributed by atoms with E-state index in [0.717, 1.165) is 39.5 Å². The van der Waals surface area contributed by atoms with Crippen LogP contribution in [0.2, 0.25) is 5.02 Å². The van der Waals surface area contributed by atoms with E-state index in [4.69, 9.17) is 16.3 Å². The third-order valence-corrected chi connectivity index (χ3v) is 6.03. The van der Waals surface area contributed by atoms with Gasteiger partial charge in [0.1, 0.15) is 5.75 Å². The van der Waals surface area contributed by atoms with Crippen molar-refractivity contribution in [2.75, 3.05) is 26.7 Å². The average molecular weight is 369 g/mol. The molecule has 0 bridgehead atoms. The quantitative estimate of drug-likeness (QED) is 0.640. The highest BCUT2D eigenvalue weighted by molar-refractivity contribution is 6.38. The van der Waals surface area contributed by atoms with Crippen LogP contribution in [0, 0.1) is 0 Å². The number of nitrogens with zero attached hydrogens (tertiary/aromatic N) is 1. The van der Waals surface area contributed by atoms with Crippen molar-refractivity contribution in [3.8, 4) is 17.0 Å². The van der Waals surface area contributed by atoms with E-state index in [9.17, 15) is 0 Å². The van der Waals surface area contributed by atoms with Gasteiger partial charge >= 0.3 is 0 Å². The van der Waals surface area contributed by atoms with Crippen molar-refractivity contribution in [1.29, 1.82) is 0 Å². The van der Waals surface area contributed by atoms with Crippen molar-refractivity contribution in [2.45, 2.75) is 25.7 Å². The average Bonchev–Trinajstić information content (AvgIpc) is 3.04. The molecule has 3 nitrogen and oxygen atoms in total. The summed E-state index contributed by atoms with van der Waals surface area (Å²) >= 11 is 6.78. The number of hydrogen-bond acceptors (Lipinski definition) is 2. The minimum Gasteiger partial charge on any atom is -0.496 e. The zero-order valence-electron chi connectivity index (χ0n) is 15.4. The Balaban J connectivity index is 1.70. The van der Waals surface area contributed by atoms with Crippen LogP contribution >= 0.6 is 11.6 Å². The number of H-pyrrole nitrogens is 1. The molecule has 2 heterocycles. The zero-order chi connectivity index (χ0) is 18.1. The first-order chi connectivity index (χ1) is 12.7. The van der Waals surface area contributed by atoms with E-state index in [2.05, 4.69) is 35.0 Å². The number of methoxy groups -OCH3 is 1. The Morgan fingerprint density at radius 2 is 1.92 bits per heavy atom. The van der Waals surface area contributed by atoms with Gasteiger partial charge in [0, 0.05) is 16.5 Å². The van der Waals surface area contributed by atoms with Crippen LogP contribution in [0.15, 0.2) is 42.5 Å². The summed E-state index contributed by atoms with van der Waals surface area (Å²) in [4.78, 5) is 6.01. The molecule has 1 aromatic heterocycles. The van der Waals surface area contributed by atoms with Crippen LogP contribution in [-0.4, -0.2) is 36.6 Å². The molecule has 1 N–H and O–H groups in total. The van der Waals surface area contributed by atoms with E-state index in [1.165, 1.54) is 31.5 Å². The number of rotatable bonds is 4. The van der Waals surface area contributed by atoms with Gasteiger partial charge in [-0.2, -0.15) is 0 Å². The molecular weight excluding hydrogens is 344 g/mol. The molecule has 1 saturated heterocycles. The van der Waals surface area contributed by atoms with Crippen LogP contribution < -0.4 is 4.74 Å². The SMILES string of the molecule is CCN1CCC(c2ccc3[nH]c(-c4ccccc4OC)c(Cl)c3c2)CC1. The fourth-order valence-corrected chi connectivity index (χ4v) is 4.36. The first kappa shape index (κ1) is 17.4. The fraction of sp³-hybridized carbons (Fsp3) is 0.364. The smallest absolute Gasteiger partial charge is 0.128 e. The van der Waals surface area contributed by atoms with Gasteiger partial charge in [-0.05, 0) is 68.2 Å². The van der Waals surface area contributed by atoms with E-state index < -0.39 is 0 Å². The Kier molecular flexibility index (Phi) is 4.92. The highest BCUT2D eigenvalue weighted by atomic mass is 35.5. The molecule has 0 saturated carbocycles. The van der Waals surface area contributed by atoms with Gasteiger partial charge in [-0.3, -0.25) is 0 Å². The molecule has 136 valence electrons. The van der Waals surface area contributed by atoms with Gasteiger partial charge in [-0.1, -0.05) is 36.7 Å². The van der Waals surface area contributed by atoms with Crippen LogP contribution in [0.4, 0.5) is 0 Å². The van der Waals surface area contributed by atoms with Crippen LogP contribution in [0.25, 0.3) is 22.2 Å². The summed E-state index contributed by atoms with van der Waals surface area (Å²) in [6.07, 6.45) is 2.45. The lowest BCUT2D eigenvalue weighted by atomic mass is 9.89. The van der Waals surface area contributed by atoms with Crippen LogP contribution in [0.1, 0.15) is 31.2 Å². The summed E-state index contributed by atoms with van der Waals surface area (Å²) < 4.78 is 5.51. The molecule has 4 rings (SSSR count). The third kappa shape index (κ3) is 3.10. The summed E-state index contributed by atoms with van der Waals surface area (Å²) in [6.45, 7) is 5.77. The van der Waals surface area contributed by atoms with E-state index in [0.29, 0.717) is 5.92 Å². The number of ether oxygens (including phenoxy) is 1. The van der Waals surface area contributed by atoms with Gasteiger partial charge in [0.15, 0.2) is 0 Å². The van der Waals surface area contributed by atoms with Gasteiger partial charge in [-0.25, -0.2) is 0 Å². The van der Waals surface area contributed by atoms with Crippen molar-refractivity contribution >= 4 is 22.5 Å². The van der Waals surface area contributed by atoms with Crippen LogP contribution in [-0.2, 0) is 0 Å². The predicted octanol–water partition coefficient (Wildman–Crippen LogP) is 5.70. The number of nitrogens with one attached hydrogen (secondary N) is 1. The minimum absolute atomic E-state index is 0.628. The topological polar surface area (TPSA) is 28.3 Å². The first-order valence-electron chi connectivity index (χ1n) is 9.38. The number of aromatic nitrogens is 1. The zero-order valence-corrected chi connectivity index (χ0v) is 16.1. The van der Waals surface area contributed by atoms with Gasteiger partial charge < -0.3 is 14.6 Å². The highest BCUT2D eigenvalue weighted by Crippen LogP contribution is 2.40. The largest absolute Gasteiger partial charge is 0.496 e. The van der Waals surface area contributed by atoms with E-state index in [1.807, 2.05) is 24.3 Å². The lowest BCUT2D eigenvalue weighted by molar-refractivity contribution is 0.222. The van der Waals surface area contributed by atoms with E-state index in [-0.39, 0.29) is 0 Å². The third-order valence-electron chi connectivity index (χ3n) is 5.64. The molecule has 3 aromatic rings. The molecule has 1 aliphatic rings. The summed E-state index contributed by atoms with van der Waals surface area (Å²) in [5.41, 5.74) is 4.40. The number of para-hydroxylation sites is 1. The Morgan fingerprint density at radius 3 is 2.65 bits per heavy atom. The number of piperidine rings is 1. The molecule has 26 heavy (non-hydrogen) atoms. The van der Waals surface area contributed by atoms with Gasteiger partial charge in [0.2, 0.25) is 0 Å². The maximum atomic E-state index is 6.78. The molecule has 4 heteroatoms. The minimum atomic E-state index is 0.628. The standard InChI is InChI=1S/C22H25ClN2O/c1-3-25-12-10-15(11-13-25)16-8-9-19-18(14-16)21(23)22(24-19)17-6-4-5-7-20(17)26-2/h4-9,14-15,24H,3,10-13H2,1-2H3. The molecule has 2 aromatic carbocycles. The lowest BCUT2D eigenvalue weighted by Gasteiger charge is -2.31. The molecular formula is C22H25ClN2O. The van der Waals surface area contributed by atoms with Crippen molar-refractivity contribution in [3.63, 3.8) is 0 Å². The summed E-state index contributed by atoms with van der Waals surface area (Å²) in [5.74, 6) is 1.45. The van der Waals surface area contributed by atoms with Crippen molar-refractivity contribution in [1.82, 2.24) is 9.88 Å². The normalized spacial score (nSPS) is 16.3. The second kappa shape index (κ2) is 7.34. The summed E-state index contributed by atoms with van der Waals surface area (Å²) in [7, 11) is 1.69. The maximum absolute atomic E-state index is 6.78. The molecule has 0 radical (unpaired) electrons. The molecule has 0 unspecified atom stereocenters. The first-order valence-corrected chi connectivity index (χ1v) is 9.76. The molecule has 1 fully saturated rings. The van der Waals surface area contributed by atoms with Gasteiger partial charge in [-0.15, -0.1) is 0 Å². The van der Waals surface area contributed by atoms with Crippen molar-refractivity contribution in [3.05, 3.63) is 53.1 Å². The Bertz CT molecular complexity index is 910. The lowest BCUT2D eigenvalue weighted by Crippen LogP contribution is -2.32. The van der Waals surface area contributed by atoms with Gasteiger partial charge in [0.25, 0.3) is 0 Å². The predicted molar refractivity (Wildman–Crippen MR) is 109 cm³/mol. The second-order valence-electron chi connectivity index (χ2n) is 7.03. The molecule has 0 atom stereocenters. The second-order valence-corrected chi connectivity index (χ2v) is 7.41. The molecule has 0 aliphatic carbocycles. The van der Waals surface area contributed by atoms with E-state index in [1.54, 1.807) is 7.11 Å².